The first-order chi connectivity index (χ1) is 14.2. The van der Waals surface area contributed by atoms with Crippen molar-refractivity contribution >= 4 is 23.4 Å². The highest BCUT2D eigenvalue weighted by atomic mass is 16.5. The molecule has 1 amide bonds. The molecule has 1 heterocycles. The fraction of sp³-hybridized carbons (Fsp3) is 0.0417. The van der Waals surface area contributed by atoms with Crippen molar-refractivity contribution in [3.05, 3.63) is 102 Å². The normalized spacial score (nSPS) is 12.7. The number of fused-ring (bicyclic) bond motifs is 2. The minimum Gasteiger partial charge on any atom is -0.454 e. The molecule has 0 bridgehead atoms. The van der Waals surface area contributed by atoms with Crippen LogP contribution in [0.1, 0.15) is 21.5 Å². The molecule has 1 aliphatic heterocycles. The third-order valence-corrected chi connectivity index (χ3v) is 4.73. The lowest BCUT2D eigenvalue weighted by Gasteiger charge is -2.20. The van der Waals surface area contributed by atoms with Gasteiger partial charge in [0.2, 0.25) is 0 Å². The molecule has 0 spiro atoms. The van der Waals surface area contributed by atoms with Crippen LogP contribution in [0, 0.1) is 0 Å². The van der Waals surface area contributed by atoms with Crippen molar-refractivity contribution < 1.29 is 14.7 Å². The van der Waals surface area contributed by atoms with E-state index in [4.69, 9.17) is 9.94 Å². The number of nitrogens with one attached hydrogen (secondary N) is 1. The van der Waals surface area contributed by atoms with Gasteiger partial charge in [0.1, 0.15) is 5.75 Å². The highest BCUT2D eigenvalue weighted by Crippen LogP contribution is 2.38. The molecular weight excluding hydrogens is 364 g/mol. The maximum absolute atomic E-state index is 13.2. The van der Waals surface area contributed by atoms with Gasteiger partial charge in [-0.2, -0.15) is 0 Å². The van der Waals surface area contributed by atoms with Gasteiger partial charge in [0.15, 0.2) is 5.75 Å². The quantitative estimate of drug-likeness (QED) is 0.601. The van der Waals surface area contributed by atoms with E-state index in [1.165, 1.54) is 0 Å². The van der Waals surface area contributed by atoms with Gasteiger partial charge < -0.3 is 9.64 Å². The Morgan fingerprint density at radius 3 is 2.45 bits per heavy atom. The van der Waals surface area contributed by atoms with Crippen LogP contribution in [0.5, 0.6) is 11.5 Å². The van der Waals surface area contributed by atoms with Gasteiger partial charge in [0.25, 0.3) is 5.91 Å². The Balaban J connectivity index is 1.59. The Kier molecular flexibility index (Phi) is 5.14. The van der Waals surface area contributed by atoms with Gasteiger partial charge in [-0.15, -0.1) is 0 Å². The van der Waals surface area contributed by atoms with E-state index in [-0.39, 0.29) is 5.91 Å². The van der Waals surface area contributed by atoms with Crippen LogP contribution in [-0.4, -0.2) is 17.7 Å². The van der Waals surface area contributed by atoms with E-state index in [1.54, 1.807) is 17.0 Å². The van der Waals surface area contributed by atoms with Gasteiger partial charge in [-0.3, -0.25) is 15.5 Å². The van der Waals surface area contributed by atoms with Crippen molar-refractivity contribution in [2.24, 2.45) is 0 Å². The van der Waals surface area contributed by atoms with Gasteiger partial charge in [0.05, 0.1) is 16.9 Å². The summed E-state index contributed by atoms with van der Waals surface area (Å²) >= 11 is 0. The first-order valence-electron chi connectivity index (χ1n) is 9.21. The molecule has 0 aromatic heterocycles. The largest absolute Gasteiger partial charge is 0.454 e. The second-order valence-electron chi connectivity index (χ2n) is 6.60. The van der Waals surface area contributed by atoms with Gasteiger partial charge in [-0.1, -0.05) is 67.3 Å². The number of nitrogens with zero attached hydrogens (tertiary/aromatic N) is 1. The van der Waals surface area contributed by atoms with E-state index in [2.05, 4.69) is 6.58 Å². The molecule has 29 heavy (non-hydrogen) atoms. The standard InChI is InChI=1S/C24H20N2O3/c1-17(25-28)19-14-12-18(13-15-19)7-6-16-26-21-9-3-5-11-23(21)29-22-10-4-2-8-20(22)24(26)27/h2-15,25,28H,1,16H2/b7-6+. The third kappa shape index (κ3) is 3.77. The molecular formula is C24H20N2O3. The van der Waals surface area contributed by atoms with Crippen LogP contribution in [0.15, 0.2) is 85.5 Å². The first-order valence-corrected chi connectivity index (χ1v) is 9.21. The Hall–Kier alpha value is -3.83. The van der Waals surface area contributed by atoms with E-state index in [0.29, 0.717) is 29.3 Å². The SMILES string of the molecule is C=C(NO)c1ccc(/C=C/CN2C(=O)c3ccccc3Oc3ccccc32)cc1. The number of para-hydroxylation sites is 3. The third-order valence-electron chi connectivity index (χ3n) is 4.73. The first kappa shape index (κ1) is 18.5. The monoisotopic (exact) mass is 384 g/mol. The average Bonchev–Trinajstić information content (AvgIpc) is 2.88. The molecule has 0 atom stereocenters. The van der Waals surface area contributed by atoms with Crippen LogP contribution in [0.2, 0.25) is 0 Å². The summed E-state index contributed by atoms with van der Waals surface area (Å²) in [5, 5.41) is 8.93. The molecule has 0 saturated heterocycles. The van der Waals surface area contributed by atoms with E-state index in [9.17, 15) is 4.79 Å². The number of carbonyl (C=O) groups is 1. The number of ether oxygens (including phenoxy) is 1. The molecule has 4 rings (SSSR count). The van der Waals surface area contributed by atoms with Gasteiger partial charge in [-0.25, -0.2) is 0 Å². The molecule has 1 aliphatic rings. The summed E-state index contributed by atoms with van der Waals surface area (Å²) in [6, 6.07) is 22.4. The molecule has 0 saturated carbocycles. The van der Waals surface area contributed by atoms with Crippen molar-refractivity contribution in [1.82, 2.24) is 5.48 Å². The van der Waals surface area contributed by atoms with Crippen LogP contribution in [0.4, 0.5) is 5.69 Å². The maximum Gasteiger partial charge on any atom is 0.262 e. The molecule has 3 aromatic rings. The number of anilines is 1. The summed E-state index contributed by atoms with van der Waals surface area (Å²) in [4.78, 5) is 14.9. The van der Waals surface area contributed by atoms with Crippen molar-refractivity contribution in [2.75, 3.05) is 11.4 Å². The number of hydrogen-bond acceptors (Lipinski definition) is 4. The molecule has 144 valence electrons. The number of amides is 1. The molecule has 0 unspecified atom stereocenters. The number of hydrogen-bond donors (Lipinski definition) is 2. The van der Waals surface area contributed by atoms with Gasteiger partial charge >= 0.3 is 0 Å². The summed E-state index contributed by atoms with van der Waals surface area (Å²) in [5.41, 5.74) is 5.54. The van der Waals surface area contributed by atoms with Crippen LogP contribution in [0.3, 0.4) is 0 Å². The topological polar surface area (TPSA) is 61.8 Å². The second-order valence-corrected chi connectivity index (χ2v) is 6.60. The van der Waals surface area contributed by atoms with Crippen molar-refractivity contribution in [2.45, 2.75) is 0 Å². The Morgan fingerprint density at radius 1 is 1.00 bits per heavy atom. The minimum atomic E-state index is -0.101. The smallest absolute Gasteiger partial charge is 0.262 e. The number of rotatable bonds is 5. The van der Waals surface area contributed by atoms with E-state index in [1.807, 2.05) is 78.3 Å². The highest BCUT2D eigenvalue weighted by Gasteiger charge is 2.26. The zero-order valence-electron chi connectivity index (χ0n) is 15.7. The Labute approximate surface area is 169 Å². The van der Waals surface area contributed by atoms with Crippen molar-refractivity contribution in [1.29, 1.82) is 0 Å². The lowest BCUT2D eigenvalue weighted by Crippen LogP contribution is -2.30. The Morgan fingerprint density at radius 2 is 1.69 bits per heavy atom. The van der Waals surface area contributed by atoms with Gasteiger partial charge in [0, 0.05) is 6.54 Å². The number of carbonyl (C=O) groups excluding carboxylic acids is 1. The molecule has 2 N–H and O–H groups in total. The fourth-order valence-corrected chi connectivity index (χ4v) is 3.21. The lowest BCUT2D eigenvalue weighted by atomic mass is 10.1. The van der Waals surface area contributed by atoms with E-state index in [0.717, 1.165) is 16.8 Å². The highest BCUT2D eigenvalue weighted by molar-refractivity contribution is 6.09. The molecule has 5 nitrogen and oxygen atoms in total. The summed E-state index contributed by atoms with van der Waals surface area (Å²) in [6.45, 7) is 4.12. The van der Waals surface area contributed by atoms with E-state index < -0.39 is 0 Å². The zero-order valence-corrected chi connectivity index (χ0v) is 15.7. The van der Waals surface area contributed by atoms with Gasteiger partial charge in [-0.05, 0) is 35.4 Å². The summed E-state index contributed by atoms with van der Waals surface area (Å²) < 4.78 is 5.99. The van der Waals surface area contributed by atoms with E-state index >= 15 is 0 Å². The average molecular weight is 384 g/mol. The predicted octanol–water partition coefficient (Wildman–Crippen LogP) is 5.10. The lowest BCUT2D eigenvalue weighted by molar-refractivity contribution is 0.0990. The molecule has 0 aliphatic carbocycles. The van der Waals surface area contributed by atoms with Crippen LogP contribution in [-0.2, 0) is 0 Å². The second kappa shape index (κ2) is 8.04. The summed E-state index contributed by atoms with van der Waals surface area (Å²) in [5.74, 6) is 1.11. The summed E-state index contributed by atoms with van der Waals surface area (Å²) in [6.07, 6.45) is 3.89. The molecule has 5 heteroatoms. The van der Waals surface area contributed by atoms with Crippen molar-refractivity contribution in [3.8, 4) is 11.5 Å². The Bertz CT molecular complexity index is 1090. The maximum atomic E-state index is 13.2. The molecule has 3 aromatic carbocycles. The van der Waals surface area contributed by atoms with Crippen LogP contribution >= 0.6 is 0 Å². The molecule has 0 fully saturated rings. The van der Waals surface area contributed by atoms with Crippen LogP contribution < -0.4 is 15.1 Å². The zero-order chi connectivity index (χ0) is 20.2. The van der Waals surface area contributed by atoms with Crippen LogP contribution in [0.25, 0.3) is 11.8 Å². The molecule has 0 radical (unpaired) electrons. The number of hydroxylamine groups is 1. The summed E-state index contributed by atoms with van der Waals surface area (Å²) in [7, 11) is 0. The predicted molar refractivity (Wildman–Crippen MR) is 114 cm³/mol. The minimum absolute atomic E-state index is 0.101. The number of benzene rings is 3. The van der Waals surface area contributed by atoms with Crippen molar-refractivity contribution in [3.63, 3.8) is 0 Å². The fourth-order valence-electron chi connectivity index (χ4n) is 3.21.